The molecule has 3 heteroatoms. The van der Waals surface area contributed by atoms with Crippen LogP contribution in [0.3, 0.4) is 0 Å². The number of nitrogens with two attached hydrogens (primary N) is 1. The highest BCUT2D eigenvalue weighted by Crippen LogP contribution is 2.42. The van der Waals surface area contributed by atoms with Gasteiger partial charge in [0.1, 0.15) is 0 Å². The van der Waals surface area contributed by atoms with Crippen LogP contribution in [0.2, 0.25) is 0 Å². The minimum Gasteiger partial charge on any atom is -0.395 e. The molecule has 1 fully saturated rings. The molecule has 0 aliphatic heterocycles. The fourth-order valence-electron chi connectivity index (χ4n) is 2.15. The number of aliphatic hydroxyl groups is 1. The third-order valence-corrected chi connectivity index (χ3v) is 3.13. The molecule has 3 nitrogen and oxygen atoms in total. The minimum absolute atomic E-state index is 0.155. The second-order valence-corrected chi connectivity index (χ2v) is 4.37. The van der Waals surface area contributed by atoms with Crippen molar-refractivity contribution in [2.45, 2.75) is 24.8 Å². The topological polar surface area (TPSA) is 58.3 Å². The quantitative estimate of drug-likeness (QED) is 0.674. The van der Waals surface area contributed by atoms with Crippen LogP contribution in [0.25, 0.3) is 0 Å². The van der Waals surface area contributed by atoms with Crippen LogP contribution in [0.4, 0.5) is 0 Å². The van der Waals surface area contributed by atoms with E-state index in [1.807, 2.05) is 0 Å². The zero-order valence-corrected chi connectivity index (χ0v) is 9.52. The molecule has 1 aliphatic rings. The molecule has 16 heavy (non-hydrogen) atoms. The number of hydrogen-bond donors (Lipinski definition) is 3. The first-order valence-corrected chi connectivity index (χ1v) is 6.00. The van der Waals surface area contributed by atoms with Gasteiger partial charge in [0.05, 0.1) is 6.61 Å². The lowest BCUT2D eigenvalue weighted by Gasteiger charge is -2.20. The summed E-state index contributed by atoms with van der Waals surface area (Å²) in [6.07, 6.45) is 2.60. The standard InChI is InChI=1S/C13H20N2O/c14-9-13(15-7-8-16)12-4-2-1-3-11(12)10-5-6-10/h1-4,10,13,15-16H,5-9,14H2. The number of hydrogen-bond acceptors (Lipinski definition) is 3. The van der Waals surface area contributed by atoms with Gasteiger partial charge in [0.25, 0.3) is 0 Å². The highest BCUT2D eigenvalue weighted by Gasteiger charge is 2.27. The number of aliphatic hydroxyl groups excluding tert-OH is 1. The van der Waals surface area contributed by atoms with Gasteiger partial charge in [0, 0.05) is 19.1 Å². The Morgan fingerprint density at radius 2 is 2.12 bits per heavy atom. The second-order valence-electron chi connectivity index (χ2n) is 4.37. The fraction of sp³-hybridized carbons (Fsp3) is 0.538. The summed E-state index contributed by atoms with van der Waals surface area (Å²) in [6.45, 7) is 1.33. The molecule has 1 saturated carbocycles. The normalized spacial score (nSPS) is 17.4. The third-order valence-electron chi connectivity index (χ3n) is 3.13. The summed E-state index contributed by atoms with van der Waals surface area (Å²) in [5.74, 6) is 0.737. The van der Waals surface area contributed by atoms with E-state index >= 15 is 0 Å². The molecular weight excluding hydrogens is 200 g/mol. The van der Waals surface area contributed by atoms with Crippen LogP contribution in [0.1, 0.15) is 35.9 Å². The zero-order valence-electron chi connectivity index (χ0n) is 9.52. The van der Waals surface area contributed by atoms with Gasteiger partial charge in [-0.1, -0.05) is 24.3 Å². The van der Waals surface area contributed by atoms with E-state index in [4.69, 9.17) is 10.8 Å². The minimum atomic E-state index is 0.155. The van der Waals surface area contributed by atoms with E-state index in [1.165, 1.54) is 24.0 Å². The van der Waals surface area contributed by atoms with Gasteiger partial charge in [-0.15, -0.1) is 0 Å². The van der Waals surface area contributed by atoms with Gasteiger partial charge in [0.2, 0.25) is 0 Å². The number of rotatable bonds is 6. The van der Waals surface area contributed by atoms with Crippen LogP contribution in [-0.2, 0) is 0 Å². The van der Waals surface area contributed by atoms with Crippen LogP contribution in [0, 0.1) is 0 Å². The summed E-state index contributed by atoms with van der Waals surface area (Å²) in [4.78, 5) is 0. The summed E-state index contributed by atoms with van der Waals surface area (Å²) < 4.78 is 0. The van der Waals surface area contributed by atoms with E-state index in [2.05, 4.69) is 29.6 Å². The van der Waals surface area contributed by atoms with Crippen LogP contribution >= 0.6 is 0 Å². The zero-order chi connectivity index (χ0) is 11.4. The van der Waals surface area contributed by atoms with Gasteiger partial charge in [0.15, 0.2) is 0 Å². The molecule has 2 rings (SSSR count). The highest BCUT2D eigenvalue weighted by atomic mass is 16.3. The third kappa shape index (κ3) is 2.61. The molecule has 88 valence electrons. The van der Waals surface area contributed by atoms with Crippen LogP contribution in [0.5, 0.6) is 0 Å². The van der Waals surface area contributed by atoms with Crippen LogP contribution in [0.15, 0.2) is 24.3 Å². The van der Waals surface area contributed by atoms with Gasteiger partial charge >= 0.3 is 0 Å². The van der Waals surface area contributed by atoms with Crippen LogP contribution < -0.4 is 11.1 Å². The average molecular weight is 220 g/mol. The summed E-state index contributed by atoms with van der Waals surface area (Å²) in [7, 11) is 0. The van der Waals surface area contributed by atoms with Crippen molar-refractivity contribution in [3.05, 3.63) is 35.4 Å². The SMILES string of the molecule is NCC(NCCO)c1ccccc1C1CC1. The maximum Gasteiger partial charge on any atom is 0.0556 e. The lowest BCUT2D eigenvalue weighted by molar-refractivity contribution is 0.285. The van der Waals surface area contributed by atoms with Gasteiger partial charge in [-0.3, -0.25) is 0 Å². The lowest BCUT2D eigenvalue weighted by atomic mass is 9.97. The molecule has 1 aromatic rings. The first-order valence-electron chi connectivity index (χ1n) is 6.00. The Balaban J connectivity index is 2.15. The van der Waals surface area contributed by atoms with E-state index in [1.54, 1.807) is 0 Å². The Morgan fingerprint density at radius 3 is 2.75 bits per heavy atom. The van der Waals surface area contributed by atoms with Crippen molar-refractivity contribution < 1.29 is 5.11 Å². The lowest BCUT2D eigenvalue weighted by Crippen LogP contribution is -2.31. The van der Waals surface area contributed by atoms with E-state index in [-0.39, 0.29) is 12.6 Å². The molecule has 1 atom stereocenters. The Labute approximate surface area is 96.7 Å². The summed E-state index contributed by atoms with van der Waals surface area (Å²) in [6, 6.07) is 8.68. The Kier molecular flexibility index (Phi) is 3.93. The number of nitrogens with one attached hydrogen (secondary N) is 1. The molecule has 0 amide bonds. The van der Waals surface area contributed by atoms with Crippen molar-refractivity contribution >= 4 is 0 Å². The molecule has 1 aliphatic carbocycles. The first-order chi connectivity index (χ1) is 7.86. The Bertz CT molecular complexity index is 336. The van der Waals surface area contributed by atoms with Crippen molar-refractivity contribution in [3.63, 3.8) is 0 Å². The largest absolute Gasteiger partial charge is 0.395 e. The fourth-order valence-corrected chi connectivity index (χ4v) is 2.15. The number of benzene rings is 1. The van der Waals surface area contributed by atoms with Crippen LogP contribution in [-0.4, -0.2) is 24.8 Å². The maximum atomic E-state index is 8.85. The Morgan fingerprint density at radius 1 is 1.38 bits per heavy atom. The second kappa shape index (κ2) is 5.43. The van der Waals surface area contributed by atoms with Gasteiger partial charge < -0.3 is 16.2 Å². The van der Waals surface area contributed by atoms with Crippen molar-refractivity contribution in [3.8, 4) is 0 Å². The summed E-state index contributed by atoms with van der Waals surface area (Å²) in [5.41, 5.74) is 8.53. The predicted molar refractivity (Wildman–Crippen MR) is 65.3 cm³/mol. The van der Waals surface area contributed by atoms with Crippen molar-refractivity contribution in [1.29, 1.82) is 0 Å². The summed E-state index contributed by atoms with van der Waals surface area (Å²) >= 11 is 0. The summed E-state index contributed by atoms with van der Waals surface area (Å²) in [5, 5.41) is 12.1. The molecule has 0 bridgehead atoms. The van der Waals surface area contributed by atoms with E-state index in [0.29, 0.717) is 13.1 Å². The van der Waals surface area contributed by atoms with E-state index in [0.717, 1.165) is 5.92 Å². The molecular formula is C13H20N2O. The monoisotopic (exact) mass is 220 g/mol. The molecule has 0 heterocycles. The predicted octanol–water partition coefficient (Wildman–Crippen LogP) is 1.15. The highest BCUT2D eigenvalue weighted by molar-refractivity contribution is 5.35. The smallest absolute Gasteiger partial charge is 0.0556 e. The molecule has 0 saturated heterocycles. The van der Waals surface area contributed by atoms with Gasteiger partial charge in [-0.25, -0.2) is 0 Å². The van der Waals surface area contributed by atoms with Gasteiger partial charge in [-0.05, 0) is 29.9 Å². The maximum absolute atomic E-state index is 8.85. The van der Waals surface area contributed by atoms with E-state index in [9.17, 15) is 0 Å². The van der Waals surface area contributed by atoms with Gasteiger partial charge in [-0.2, -0.15) is 0 Å². The van der Waals surface area contributed by atoms with Crippen molar-refractivity contribution in [2.75, 3.05) is 19.7 Å². The molecule has 0 radical (unpaired) electrons. The molecule has 0 spiro atoms. The van der Waals surface area contributed by atoms with Crippen molar-refractivity contribution in [1.82, 2.24) is 5.32 Å². The Hall–Kier alpha value is -0.900. The van der Waals surface area contributed by atoms with Crippen molar-refractivity contribution in [2.24, 2.45) is 5.73 Å². The first kappa shape index (κ1) is 11.6. The van der Waals surface area contributed by atoms with E-state index < -0.39 is 0 Å². The molecule has 4 N–H and O–H groups in total. The molecule has 1 unspecified atom stereocenters. The average Bonchev–Trinajstić information content (AvgIpc) is 3.15. The molecule has 0 aromatic heterocycles. The molecule has 1 aromatic carbocycles.